The third kappa shape index (κ3) is 3.15. The molecule has 3 rings (SSSR count). The third-order valence-electron chi connectivity index (χ3n) is 4.12. The summed E-state index contributed by atoms with van der Waals surface area (Å²) in [7, 11) is 0. The topological polar surface area (TPSA) is 72.7 Å². The summed E-state index contributed by atoms with van der Waals surface area (Å²) in [6.45, 7) is 3.41. The molecule has 0 radical (unpaired) electrons. The number of H-pyrrole nitrogens is 1. The van der Waals surface area contributed by atoms with Crippen LogP contribution in [-0.4, -0.2) is 19.1 Å². The zero-order valence-electron chi connectivity index (χ0n) is 14.9. The van der Waals surface area contributed by atoms with E-state index in [1.54, 1.807) is 18.4 Å². The van der Waals surface area contributed by atoms with Crippen molar-refractivity contribution in [2.24, 2.45) is 0 Å². The fourth-order valence-electron chi connectivity index (χ4n) is 2.74. The molecule has 6 heteroatoms. The number of aromatic amines is 1. The molecule has 1 aromatic carbocycles. The summed E-state index contributed by atoms with van der Waals surface area (Å²) in [5.41, 5.74) is -0.0997. The molecule has 27 heavy (non-hydrogen) atoms. The molecule has 2 heterocycles. The number of fused-ring (bicyclic) bond motifs is 1. The van der Waals surface area contributed by atoms with Gasteiger partial charge in [0.05, 0.1) is 12.1 Å². The number of aromatic nitrogens is 4. The van der Waals surface area contributed by atoms with Crippen molar-refractivity contribution in [2.75, 3.05) is 0 Å². The van der Waals surface area contributed by atoms with Gasteiger partial charge in [-0.25, -0.2) is 9.78 Å². The van der Waals surface area contributed by atoms with Crippen LogP contribution in [0.5, 0.6) is 0 Å². The normalized spacial score (nSPS) is 12.4. The van der Waals surface area contributed by atoms with Crippen LogP contribution < -0.4 is 11.2 Å². The predicted molar refractivity (Wildman–Crippen MR) is 104 cm³/mol. The molecule has 0 aliphatic rings. The van der Waals surface area contributed by atoms with Crippen molar-refractivity contribution in [3.05, 3.63) is 62.6 Å². The van der Waals surface area contributed by atoms with Crippen LogP contribution in [0, 0.1) is 36.5 Å². The summed E-state index contributed by atoms with van der Waals surface area (Å²) in [6.07, 6.45) is 11.0. The minimum atomic E-state index is -0.626. The van der Waals surface area contributed by atoms with E-state index in [-0.39, 0.29) is 17.0 Å². The van der Waals surface area contributed by atoms with Gasteiger partial charge < -0.3 is 0 Å². The molecular weight excluding hydrogens is 340 g/mol. The Morgan fingerprint density at radius 2 is 1.63 bits per heavy atom. The second kappa shape index (κ2) is 7.12. The maximum atomic E-state index is 12.5. The highest BCUT2D eigenvalue weighted by Gasteiger charge is 2.21. The van der Waals surface area contributed by atoms with Crippen molar-refractivity contribution in [2.45, 2.75) is 25.9 Å². The molecule has 3 aromatic rings. The van der Waals surface area contributed by atoms with Gasteiger partial charge >= 0.3 is 5.69 Å². The second-order valence-electron chi connectivity index (χ2n) is 5.91. The van der Waals surface area contributed by atoms with Gasteiger partial charge in [0.1, 0.15) is 0 Å². The number of nitrogens with one attached hydrogen (secondary N) is 1. The maximum Gasteiger partial charge on any atom is 0.331 e. The molecule has 0 saturated heterocycles. The molecule has 1 N–H and O–H groups in total. The van der Waals surface area contributed by atoms with Crippen LogP contribution in [-0.2, 0) is 0 Å². The number of benzene rings is 1. The van der Waals surface area contributed by atoms with E-state index in [2.05, 4.69) is 33.6 Å². The Labute approximate surface area is 155 Å². The highest BCUT2D eigenvalue weighted by molar-refractivity contribution is 5.73. The van der Waals surface area contributed by atoms with Crippen molar-refractivity contribution < 1.29 is 0 Å². The molecule has 2 aromatic heterocycles. The van der Waals surface area contributed by atoms with Gasteiger partial charge in [-0.05, 0) is 31.9 Å². The molecule has 0 amide bonds. The summed E-state index contributed by atoms with van der Waals surface area (Å²) in [4.78, 5) is 31.5. The van der Waals surface area contributed by atoms with Gasteiger partial charge in [-0.15, -0.1) is 12.8 Å². The van der Waals surface area contributed by atoms with Crippen molar-refractivity contribution in [1.29, 1.82) is 0 Å². The summed E-state index contributed by atoms with van der Waals surface area (Å²) in [5.74, 6) is 11.3. The smallest absolute Gasteiger partial charge is 0.297 e. The SMILES string of the molecule is C#CC(C)n1c(C#Cc2ccccc2)nc2c1c(=O)[nH]c(=O)n2C(C)C#C. The molecule has 2 atom stereocenters. The molecular formula is C21H16N4O2. The molecule has 0 fully saturated rings. The lowest BCUT2D eigenvalue weighted by molar-refractivity contribution is 0.649. The molecule has 0 bridgehead atoms. The number of rotatable bonds is 2. The second-order valence-corrected chi connectivity index (χ2v) is 5.91. The molecule has 132 valence electrons. The lowest BCUT2D eigenvalue weighted by Crippen LogP contribution is -2.32. The van der Waals surface area contributed by atoms with Gasteiger partial charge in [0, 0.05) is 5.56 Å². The Hall–Kier alpha value is -3.95. The van der Waals surface area contributed by atoms with Crippen LogP contribution in [0.25, 0.3) is 11.2 Å². The molecule has 0 saturated carbocycles. The minimum absolute atomic E-state index is 0.161. The van der Waals surface area contributed by atoms with E-state index in [4.69, 9.17) is 12.8 Å². The first-order chi connectivity index (χ1) is 13.0. The van der Waals surface area contributed by atoms with Crippen LogP contribution in [0.2, 0.25) is 0 Å². The quantitative estimate of drug-likeness (QED) is 0.710. The molecule has 0 spiro atoms. The van der Waals surface area contributed by atoms with Crippen molar-refractivity contribution in [1.82, 2.24) is 19.1 Å². The Balaban J connectivity index is 2.38. The van der Waals surface area contributed by atoms with Crippen LogP contribution >= 0.6 is 0 Å². The molecule has 6 nitrogen and oxygen atoms in total. The van der Waals surface area contributed by atoms with E-state index < -0.39 is 23.3 Å². The fraction of sp³-hybridized carbons (Fsp3) is 0.190. The summed E-state index contributed by atoms with van der Waals surface area (Å²) in [5, 5.41) is 0. The van der Waals surface area contributed by atoms with Gasteiger partial charge in [0.2, 0.25) is 0 Å². The van der Waals surface area contributed by atoms with Crippen LogP contribution in [0.1, 0.15) is 37.3 Å². The zero-order chi connectivity index (χ0) is 19.6. The highest BCUT2D eigenvalue weighted by Crippen LogP contribution is 2.18. The van der Waals surface area contributed by atoms with Crippen LogP contribution in [0.15, 0.2) is 39.9 Å². The van der Waals surface area contributed by atoms with Gasteiger partial charge in [0.25, 0.3) is 5.56 Å². The number of terminal acetylenes is 2. The van der Waals surface area contributed by atoms with Crippen molar-refractivity contribution in [3.63, 3.8) is 0 Å². The van der Waals surface area contributed by atoms with E-state index in [0.29, 0.717) is 0 Å². The van der Waals surface area contributed by atoms with E-state index in [9.17, 15) is 9.59 Å². The van der Waals surface area contributed by atoms with E-state index in [0.717, 1.165) is 5.56 Å². The largest absolute Gasteiger partial charge is 0.331 e. The average molecular weight is 356 g/mol. The number of hydrogen-bond acceptors (Lipinski definition) is 3. The van der Waals surface area contributed by atoms with Crippen LogP contribution in [0.3, 0.4) is 0 Å². The summed E-state index contributed by atoms with van der Waals surface area (Å²) < 4.78 is 2.80. The Kier molecular flexibility index (Phi) is 4.71. The third-order valence-corrected chi connectivity index (χ3v) is 4.12. The van der Waals surface area contributed by atoms with E-state index in [1.807, 2.05) is 30.3 Å². The molecule has 2 unspecified atom stereocenters. The molecule has 0 aliphatic heterocycles. The van der Waals surface area contributed by atoms with Crippen molar-refractivity contribution >= 4 is 11.2 Å². The Morgan fingerprint density at radius 1 is 1.00 bits per heavy atom. The monoisotopic (exact) mass is 356 g/mol. The van der Waals surface area contributed by atoms with E-state index >= 15 is 0 Å². The zero-order valence-corrected chi connectivity index (χ0v) is 14.9. The van der Waals surface area contributed by atoms with Crippen molar-refractivity contribution in [3.8, 4) is 36.5 Å². The first-order valence-corrected chi connectivity index (χ1v) is 8.24. The Morgan fingerprint density at radius 3 is 2.26 bits per heavy atom. The summed E-state index contributed by atoms with van der Waals surface area (Å²) in [6, 6.07) is 8.24. The molecule has 0 aliphatic carbocycles. The maximum absolute atomic E-state index is 12.5. The number of nitrogens with zero attached hydrogens (tertiary/aromatic N) is 3. The van der Waals surface area contributed by atoms with Crippen LogP contribution in [0.4, 0.5) is 0 Å². The summed E-state index contributed by atoms with van der Waals surface area (Å²) >= 11 is 0. The first-order valence-electron chi connectivity index (χ1n) is 8.24. The fourth-order valence-corrected chi connectivity index (χ4v) is 2.74. The first kappa shape index (κ1) is 17.9. The predicted octanol–water partition coefficient (Wildman–Crippen LogP) is 1.67. The van der Waals surface area contributed by atoms with Gasteiger partial charge in [-0.3, -0.25) is 18.9 Å². The average Bonchev–Trinajstić information content (AvgIpc) is 3.05. The standard InChI is InChI=1S/C21H16N4O2/c1-5-14(3)24-17(13-12-16-10-8-7-9-11-16)22-19-18(24)20(26)23-21(27)25(19)15(4)6-2/h1-2,7-11,14-15H,3-4H3,(H,23,26,27). The minimum Gasteiger partial charge on any atom is -0.297 e. The number of imidazole rings is 1. The van der Waals surface area contributed by atoms with Gasteiger partial charge in [0.15, 0.2) is 17.0 Å². The Bertz CT molecular complexity index is 1270. The van der Waals surface area contributed by atoms with Gasteiger partial charge in [-0.2, -0.15) is 0 Å². The van der Waals surface area contributed by atoms with Gasteiger partial charge in [-0.1, -0.05) is 36.0 Å². The highest BCUT2D eigenvalue weighted by atomic mass is 16.2. The number of hydrogen-bond donors (Lipinski definition) is 1. The van der Waals surface area contributed by atoms with E-state index in [1.165, 1.54) is 4.57 Å². The lowest BCUT2D eigenvalue weighted by Gasteiger charge is -2.11. The lowest BCUT2D eigenvalue weighted by atomic mass is 10.2.